The molecule has 1 aromatic carbocycles. The Balaban J connectivity index is 1.43. The lowest BCUT2D eigenvalue weighted by Crippen LogP contribution is -2.48. The van der Waals surface area contributed by atoms with Crippen molar-refractivity contribution in [2.75, 3.05) is 32.8 Å². The molecule has 0 aromatic heterocycles. The Hall–Kier alpha value is -1.59. The summed E-state index contributed by atoms with van der Waals surface area (Å²) in [6.45, 7) is 10.6. The number of piperidine rings is 1. The molecule has 5 nitrogen and oxygen atoms in total. The zero-order valence-electron chi connectivity index (χ0n) is 16.3. The number of nitrogens with zero attached hydrogens (tertiary/aromatic N) is 2. The molecular weight excluding hydrogens is 328 g/mol. The van der Waals surface area contributed by atoms with E-state index in [4.69, 9.17) is 9.47 Å². The molecule has 2 aliphatic heterocycles. The van der Waals surface area contributed by atoms with Crippen LogP contribution in [-0.2, 0) is 9.53 Å². The van der Waals surface area contributed by atoms with Gasteiger partial charge in [-0.3, -0.25) is 9.69 Å². The number of carbonyl (C=O) groups excluding carboxylic acids is 1. The number of amides is 1. The molecule has 144 valence electrons. The Morgan fingerprint density at radius 1 is 1.27 bits per heavy atom. The quantitative estimate of drug-likeness (QED) is 0.810. The molecule has 0 bridgehead atoms. The highest BCUT2D eigenvalue weighted by Crippen LogP contribution is 2.21. The van der Waals surface area contributed by atoms with Gasteiger partial charge in [0.1, 0.15) is 11.9 Å². The minimum Gasteiger partial charge on any atom is -0.490 e. The third kappa shape index (κ3) is 5.21. The highest BCUT2D eigenvalue weighted by Gasteiger charge is 2.29. The van der Waals surface area contributed by atoms with Crippen molar-refractivity contribution in [3.63, 3.8) is 0 Å². The number of benzene rings is 1. The van der Waals surface area contributed by atoms with Crippen molar-refractivity contribution in [3.05, 3.63) is 29.8 Å². The second-order valence-corrected chi connectivity index (χ2v) is 7.80. The summed E-state index contributed by atoms with van der Waals surface area (Å²) in [5.41, 5.74) is 1.21. The summed E-state index contributed by atoms with van der Waals surface area (Å²) < 4.78 is 11.9. The van der Waals surface area contributed by atoms with Gasteiger partial charge in [0.05, 0.1) is 19.1 Å². The summed E-state index contributed by atoms with van der Waals surface area (Å²) in [5.74, 6) is 1.15. The first kappa shape index (κ1) is 19.2. The van der Waals surface area contributed by atoms with Crippen LogP contribution in [0.2, 0.25) is 0 Å². The van der Waals surface area contributed by atoms with Crippen molar-refractivity contribution >= 4 is 5.91 Å². The van der Waals surface area contributed by atoms with E-state index in [0.29, 0.717) is 12.5 Å². The molecule has 0 radical (unpaired) electrons. The van der Waals surface area contributed by atoms with Crippen LogP contribution in [0, 0.1) is 6.92 Å². The van der Waals surface area contributed by atoms with Crippen molar-refractivity contribution < 1.29 is 14.3 Å². The maximum absolute atomic E-state index is 12.6. The van der Waals surface area contributed by atoms with Crippen LogP contribution in [0.3, 0.4) is 0 Å². The van der Waals surface area contributed by atoms with Crippen molar-refractivity contribution in [2.45, 2.75) is 58.3 Å². The number of likely N-dealkylation sites (tertiary alicyclic amines) is 1. The average molecular weight is 360 g/mol. The molecular formula is C21H32N2O3. The van der Waals surface area contributed by atoms with Gasteiger partial charge in [0.15, 0.2) is 0 Å². The minimum atomic E-state index is 0.0277. The van der Waals surface area contributed by atoms with E-state index < -0.39 is 0 Å². The molecule has 0 spiro atoms. The van der Waals surface area contributed by atoms with E-state index in [2.05, 4.69) is 37.8 Å². The first-order chi connectivity index (χ1) is 12.5. The number of hydrogen-bond donors (Lipinski definition) is 0. The van der Waals surface area contributed by atoms with Crippen LogP contribution >= 0.6 is 0 Å². The van der Waals surface area contributed by atoms with Gasteiger partial charge in [-0.25, -0.2) is 0 Å². The van der Waals surface area contributed by atoms with Gasteiger partial charge in [-0.05, 0) is 38.5 Å². The molecule has 0 saturated carbocycles. The Morgan fingerprint density at radius 3 is 2.73 bits per heavy atom. The van der Waals surface area contributed by atoms with E-state index in [9.17, 15) is 4.79 Å². The Labute approximate surface area is 157 Å². The zero-order chi connectivity index (χ0) is 18.5. The summed E-state index contributed by atoms with van der Waals surface area (Å²) in [6.07, 6.45) is 2.50. The first-order valence-electron chi connectivity index (χ1n) is 9.88. The summed E-state index contributed by atoms with van der Waals surface area (Å²) in [6, 6.07) is 8.67. The topological polar surface area (TPSA) is 42.0 Å². The fourth-order valence-corrected chi connectivity index (χ4v) is 3.76. The van der Waals surface area contributed by atoms with E-state index in [-0.39, 0.29) is 18.1 Å². The van der Waals surface area contributed by atoms with Gasteiger partial charge in [0, 0.05) is 45.1 Å². The summed E-state index contributed by atoms with van der Waals surface area (Å²) >= 11 is 0. The van der Waals surface area contributed by atoms with E-state index in [1.54, 1.807) is 0 Å². The van der Waals surface area contributed by atoms with Crippen LogP contribution in [0.4, 0.5) is 0 Å². The largest absolute Gasteiger partial charge is 0.490 e. The van der Waals surface area contributed by atoms with Gasteiger partial charge < -0.3 is 14.4 Å². The second kappa shape index (κ2) is 8.87. The molecule has 1 amide bonds. The number of morpholine rings is 1. The Morgan fingerprint density at radius 2 is 2.04 bits per heavy atom. The van der Waals surface area contributed by atoms with E-state index >= 15 is 0 Å². The second-order valence-electron chi connectivity index (χ2n) is 7.80. The fraction of sp³-hybridized carbons (Fsp3) is 0.667. The lowest BCUT2D eigenvalue weighted by Gasteiger charge is -2.37. The van der Waals surface area contributed by atoms with Crippen molar-refractivity contribution in [1.29, 1.82) is 0 Å². The number of rotatable bonds is 5. The SMILES string of the molecule is Cc1cccc(OC2CCN(C(=O)CC3CN(C(C)C)CCO3)CC2)c1. The lowest BCUT2D eigenvalue weighted by atomic mass is 10.1. The Kier molecular flexibility index (Phi) is 6.54. The molecule has 2 fully saturated rings. The third-order valence-electron chi connectivity index (χ3n) is 5.39. The van der Waals surface area contributed by atoms with Crippen LogP contribution in [0.1, 0.15) is 38.7 Å². The van der Waals surface area contributed by atoms with Crippen LogP contribution in [0.5, 0.6) is 5.75 Å². The van der Waals surface area contributed by atoms with Gasteiger partial charge in [-0.15, -0.1) is 0 Å². The van der Waals surface area contributed by atoms with Gasteiger partial charge in [0.2, 0.25) is 5.91 Å². The molecule has 3 rings (SSSR count). The van der Waals surface area contributed by atoms with E-state index in [1.165, 1.54) is 5.56 Å². The molecule has 2 saturated heterocycles. The number of carbonyl (C=O) groups is 1. The third-order valence-corrected chi connectivity index (χ3v) is 5.39. The molecule has 26 heavy (non-hydrogen) atoms. The molecule has 0 aliphatic carbocycles. The predicted molar refractivity (Wildman–Crippen MR) is 102 cm³/mol. The van der Waals surface area contributed by atoms with Gasteiger partial charge in [0.25, 0.3) is 0 Å². The van der Waals surface area contributed by atoms with Crippen molar-refractivity contribution in [2.24, 2.45) is 0 Å². The first-order valence-corrected chi connectivity index (χ1v) is 9.88. The van der Waals surface area contributed by atoms with Crippen molar-refractivity contribution in [1.82, 2.24) is 9.80 Å². The highest BCUT2D eigenvalue weighted by atomic mass is 16.5. The van der Waals surface area contributed by atoms with Crippen LogP contribution in [0.15, 0.2) is 24.3 Å². The molecule has 2 aliphatic rings. The summed E-state index contributed by atoms with van der Waals surface area (Å²) in [7, 11) is 0. The normalized spacial score (nSPS) is 22.6. The molecule has 1 aromatic rings. The van der Waals surface area contributed by atoms with Crippen LogP contribution in [-0.4, -0.2) is 66.7 Å². The summed E-state index contributed by atoms with van der Waals surface area (Å²) in [4.78, 5) is 17.0. The molecule has 1 atom stereocenters. The van der Waals surface area contributed by atoms with Gasteiger partial charge in [-0.1, -0.05) is 12.1 Å². The maximum atomic E-state index is 12.6. The maximum Gasteiger partial charge on any atom is 0.225 e. The average Bonchev–Trinajstić information content (AvgIpc) is 2.62. The number of hydrogen-bond acceptors (Lipinski definition) is 4. The smallest absolute Gasteiger partial charge is 0.225 e. The summed E-state index contributed by atoms with van der Waals surface area (Å²) in [5, 5.41) is 0. The molecule has 0 N–H and O–H groups in total. The monoisotopic (exact) mass is 360 g/mol. The Bertz CT molecular complexity index is 597. The molecule has 1 unspecified atom stereocenters. The minimum absolute atomic E-state index is 0.0277. The standard InChI is InChI=1S/C21H32N2O3/c1-16(2)23-11-12-25-20(15-23)14-21(24)22-9-7-18(8-10-22)26-19-6-4-5-17(3)13-19/h4-6,13,16,18,20H,7-12,14-15H2,1-3H3. The zero-order valence-corrected chi connectivity index (χ0v) is 16.3. The van der Waals surface area contributed by atoms with Crippen molar-refractivity contribution in [3.8, 4) is 5.75 Å². The van der Waals surface area contributed by atoms with Crippen LogP contribution in [0.25, 0.3) is 0 Å². The van der Waals surface area contributed by atoms with Gasteiger partial charge >= 0.3 is 0 Å². The highest BCUT2D eigenvalue weighted by molar-refractivity contribution is 5.76. The van der Waals surface area contributed by atoms with E-state index in [0.717, 1.165) is 51.4 Å². The van der Waals surface area contributed by atoms with Crippen LogP contribution < -0.4 is 4.74 Å². The molecule has 5 heteroatoms. The fourth-order valence-electron chi connectivity index (χ4n) is 3.76. The van der Waals surface area contributed by atoms with E-state index in [1.807, 2.05) is 17.0 Å². The number of aryl methyl sites for hydroxylation is 1. The number of ether oxygens (including phenoxy) is 2. The molecule has 2 heterocycles. The van der Waals surface area contributed by atoms with Gasteiger partial charge in [-0.2, -0.15) is 0 Å². The predicted octanol–water partition coefficient (Wildman–Crippen LogP) is 2.86. The lowest BCUT2D eigenvalue weighted by molar-refractivity contribution is -0.138.